The standard InChI is InChI=1S/C24H28N8O11P2S2.2Na/c33-15-11-5-38-44(36,46)42-17-12(41-23(16(17)34)31-4-10-2-1-3-25-19-13(10)20(31)27-7-26-19)6-39-45(37,47)43-18(15)24(40-11)32-9-30-14-21(32)28-8-29-22(14)35;;/h4,7-9,11-12,15-18,23-24,33-34H,1-3,5-6H2,(H,36,46)(H,37,47)(H,25,26,27)(H,28,29,35);;/q;2*+1/p-2/t11-,12-,15-,16-,17-,18-,23-,24-,44?,45?;;/m1../s1. The molecule has 2 unspecified atom stereocenters. The molecule has 49 heavy (non-hydrogen) atoms. The Morgan fingerprint density at radius 1 is 0.878 bits per heavy atom. The van der Waals surface area contributed by atoms with E-state index in [1.807, 2.05) is 0 Å². The van der Waals surface area contributed by atoms with Crippen LogP contribution < -0.4 is 70.0 Å². The Morgan fingerprint density at radius 3 is 2.37 bits per heavy atom. The Morgan fingerprint density at radius 2 is 1.59 bits per heavy atom. The number of H-pyrrole nitrogens is 1. The Balaban J connectivity index is 0.00000208. The average Bonchev–Trinajstić information content (AvgIpc) is 3.74. The molecule has 3 fully saturated rings. The molecule has 19 nitrogen and oxygen atoms in total. The molecule has 4 aliphatic heterocycles. The second kappa shape index (κ2) is 14.8. The number of aryl methyl sites for hydroxylation is 1. The molecule has 0 aliphatic carbocycles. The second-order valence-electron chi connectivity index (χ2n) is 11.3. The molecule has 4 aromatic heterocycles. The van der Waals surface area contributed by atoms with Gasteiger partial charge in [0, 0.05) is 12.7 Å². The first-order chi connectivity index (χ1) is 22.5. The van der Waals surface area contributed by atoms with E-state index in [-0.39, 0.29) is 70.3 Å². The normalized spacial score (nSPS) is 36.3. The molecule has 8 rings (SSSR count). The second-order valence-corrected chi connectivity index (χ2v) is 16.7. The number of aliphatic hydroxyl groups is 2. The molecule has 4 N–H and O–H groups in total. The van der Waals surface area contributed by atoms with Gasteiger partial charge in [-0.1, -0.05) is 0 Å². The number of aromatic amines is 1. The number of fused-ring (bicyclic) bond motifs is 4. The zero-order valence-corrected chi connectivity index (χ0v) is 33.3. The molecule has 8 heterocycles. The first-order valence-electron chi connectivity index (χ1n) is 14.4. The maximum absolute atomic E-state index is 13.6. The molecule has 0 radical (unpaired) electrons. The summed E-state index contributed by atoms with van der Waals surface area (Å²) >= 11 is 10.4. The molecular weight excluding hydrogens is 748 g/mol. The molecule has 0 saturated carbocycles. The third-order valence-electron chi connectivity index (χ3n) is 8.43. The van der Waals surface area contributed by atoms with Gasteiger partial charge in [-0.25, -0.2) is 19.9 Å². The van der Waals surface area contributed by atoms with E-state index in [2.05, 4.69) is 30.2 Å². The molecule has 3 saturated heterocycles. The van der Waals surface area contributed by atoms with Crippen LogP contribution in [0.15, 0.2) is 30.0 Å². The van der Waals surface area contributed by atoms with Crippen molar-refractivity contribution >= 4 is 66.1 Å². The average molecular weight is 775 g/mol. The number of aliphatic hydroxyl groups excluding tert-OH is 2. The van der Waals surface area contributed by atoms with Crippen LogP contribution >= 0.6 is 13.6 Å². The molecule has 10 atom stereocenters. The quantitative estimate of drug-likeness (QED) is 0.0845. The van der Waals surface area contributed by atoms with Crippen molar-refractivity contribution in [3.05, 3.63) is 41.1 Å². The summed E-state index contributed by atoms with van der Waals surface area (Å²) in [5.41, 5.74) is 0.922. The fourth-order valence-electron chi connectivity index (χ4n) is 6.31. The zero-order chi connectivity index (χ0) is 32.7. The minimum atomic E-state index is -4.45. The maximum Gasteiger partial charge on any atom is 1.00 e. The number of hydrogen-bond donors (Lipinski definition) is 4. The van der Waals surface area contributed by atoms with E-state index in [1.165, 1.54) is 17.2 Å². The molecule has 4 aromatic rings. The number of anilines is 1. The smallest absolute Gasteiger partial charge is 0.660 e. The summed E-state index contributed by atoms with van der Waals surface area (Å²) < 4.78 is 64.5. The topological polar surface area (TPSA) is 236 Å². The van der Waals surface area contributed by atoms with E-state index >= 15 is 0 Å². The monoisotopic (exact) mass is 774 g/mol. The van der Waals surface area contributed by atoms with Crippen LogP contribution in [0.4, 0.5) is 5.82 Å². The van der Waals surface area contributed by atoms with Crippen LogP contribution in [0.1, 0.15) is 24.4 Å². The summed E-state index contributed by atoms with van der Waals surface area (Å²) in [5.74, 6) is 0.646. The van der Waals surface area contributed by atoms with Gasteiger partial charge in [0.2, 0.25) is 6.80 Å². The summed E-state index contributed by atoms with van der Waals surface area (Å²) in [6, 6.07) is 0. The molecule has 0 aromatic carbocycles. The van der Waals surface area contributed by atoms with Crippen LogP contribution in [0, 0.1) is 0 Å². The van der Waals surface area contributed by atoms with Gasteiger partial charge in [0.05, 0.1) is 31.3 Å². The van der Waals surface area contributed by atoms with Crippen molar-refractivity contribution in [1.29, 1.82) is 0 Å². The predicted octanol–water partition coefficient (Wildman–Crippen LogP) is -5.43. The van der Waals surface area contributed by atoms with Gasteiger partial charge < -0.3 is 77.1 Å². The van der Waals surface area contributed by atoms with E-state index in [0.717, 1.165) is 36.7 Å². The van der Waals surface area contributed by atoms with Gasteiger partial charge in [-0.05, 0) is 18.4 Å². The van der Waals surface area contributed by atoms with Crippen LogP contribution in [0.3, 0.4) is 0 Å². The minimum absolute atomic E-state index is 0. The molecule has 2 bridgehead atoms. The number of hydrogen-bond acceptors (Lipinski definition) is 18. The number of nitrogens with one attached hydrogen (secondary N) is 2. The summed E-state index contributed by atoms with van der Waals surface area (Å²) in [7, 11) is 0. The number of imidazole rings is 1. The van der Waals surface area contributed by atoms with Gasteiger partial charge in [0.1, 0.15) is 54.4 Å². The Bertz CT molecular complexity index is 2020. The number of nitrogens with zero attached hydrogens (tertiary/aromatic N) is 6. The van der Waals surface area contributed by atoms with E-state index in [0.29, 0.717) is 11.5 Å². The molecule has 0 spiro atoms. The van der Waals surface area contributed by atoms with Crippen molar-refractivity contribution in [3.8, 4) is 0 Å². The van der Waals surface area contributed by atoms with Gasteiger partial charge in [0.15, 0.2) is 30.4 Å². The Labute approximate surface area is 331 Å². The Kier molecular flexibility index (Phi) is 11.6. The minimum Gasteiger partial charge on any atom is -0.660 e. The molecule has 4 aliphatic rings. The van der Waals surface area contributed by atoms with Crippen molar-refractivity contribution < 1.29 is 106 Å². The van der Waals surface area contributed by atoms with Crippen molar-refractivity contribution in [2.45, 2.75) is 61.9 Å². The maximum atomic E-state index is 13.6. The first kappa shape index (κ1) is 38.3. The molecule has 252 valence electrons. The zero-order valence-electron chi connectivity index (χ0n) is 25.9. The van der Waals surface area contributed by atoms with Gasteiger partial charge in [-0.2, -0.15) is 0 Å². The van der Waals surface area contributed by atoms with Crippen LogP contribution in [0.25, 0.3) is 22.2 Å². The van der Waals surface area contributed by atoms with Crippen molar-refractivity contribution in [1.82, 2.24) is 34.1 Å². The van der Waals surface area contributed by atoms with Crippen LogP contribution in [-0.2, 0) is 67.6 Å². The summed E-state index contributed by atoms with van der Waals surface area (Å²) in [6.45, 7) is -9.26. The number of rotatable bonds is 2. The SMILES string of the molecule is O=c1[nH]cnc2c1ncn2[C@@H]1O[C@@H]2COP(=O)([S-])O[C@H]3[C@@H](O)[C@H](n4cc5c6c(ncnc64)NCCC5)O[C@@H]3COP(=O)([S-])O[C@@H]1[C@@H]2O.[Na+].[Na+]. The van der Waals surface area contributed by atoms with E-state index in [1.54, 1.807) is 10.8 Å². The van der Waals surface area contributed by atoms with Crippen molar-refractivity contribution in [3.63, 3.8) is 0 Å². The fraction of sp³-hybridized carbons (Fsp3) is 0.542. The number of ether oxygens (including phenoxy) is 2. The first-order valence-corrected chi connectivity index (χ1v) is 19.5. The van der Waals surface area contributed by atoms with Gasteiger partial charge in [-0.3, -0.25) is 18.5 Å². The van der Waals surface area contributed by atoms with Gasteiger partial charge in [-0.15, -0.1) is 0 Å². The molecular formula is C24H26N8Na2O11P2S2. The van der Waals surface area contributed by atoms with E-state index in [9.17, 15) is 24.1 Å². The van der Waals surface area contributed by atoms with Crippen molar-refractivity contribution in [2.24, 2.45) is 0 Å². The summed E-state index contributed by atoms with van der Waals surface area (Å²) in [4.78, 5) is 31.6. The van der Waals surface area contributed by atoms with E-state index in [4.69, 9.17) is 52.1 Å². The predicted molar refractivity (Wildman–Crippen MR) is 164 cm³/mol. The molecule has 25 heteroatoms. The van der Waals surface area contributed by atoms with Gasteiger partial charge >= 0.3 is 59.1 Å². The van der Waals surface area contributed by atoms with Crippen LogP contribution in [0.5, 0.6) is 0 Å². The van der Waals surface area contributed by atoms with Crippen LogP contribution in [0.2, 0.25) is 0 Å². The third-order valence-corrected chi connectivity index (χ3v) is 11.5. The molecule has 0 amide bonds. The fourth-order valence-corrected chi connectivity index (χ4v) is 9.14. The van der Waals surface area contributed by atoms with Crippen LogP contribution in [-0.4, -0.2) is 101 Å². The Hall–Kier alpha value is -0.390. The largest absolute Gasteiger partial charge is 1.00 e. The summed E-state index contributed by atoms with van der Waals surface area (Å²) in [6.07, 6.45) is -3.67. The van der Waals surface area contributed by atoms with Crippen molar-refractivity contribution in [2.75, 3.05) is 25.1 Å². The number of aromatic nitrogens is 7. The van der Waals surface area contributed by atoms with Gasteiger partial charge in [0.25, 0.3) is 5.56 Å². The third kappa shape index (κ3) is 7.16. The summed E-state index contributed by atoms with van der Waals surface area (Å²) in [5, 5.41) is 26.7. The van der Waals surface area contributed by atoms with E-state index < -0.39 is 81.4 Å².